The molecule has 0 saturated heterocycles. The monoisotopic (exact) mass is 374 g/mol. The van der Waals surface area contributed by atoms with E-state index in [2.05, 4.69) is 48.6 Å². The Bertz CT molecular complexity index is 1050. The van der Waals surface area contributed by atoms with E-state index in [0.29, 0.717) is 12.8 Å². The number of ether oxygens (including phenoxy) is 2. The number of methoxy groups -OCH3 is 2. The molecule has 3 aliphatic carbocycles. The van der Waals surface area contributed by atoms with Crippen molar-refractivity contribution in [2.24, 2.45) is 17.3 Å². The average Bonchev–Trinajstić information content (AvgIpc) is 3.09. The van der Waals surface area contributed by atoms with Gasteiger partial charge in [0.1, 0.15) is 0 Å². The molecule has 1 fully saturated rings. The summed E-state index contributed by atoms with van der Waals surface area (Å²) in [6.07, 6.45) is 7.60. The zero-order valence-corrected chi connectivity index (χ0v) is 16.0. The molecule has 0 radical (unpaired) electrons. The van der Waals surface area contributed by atoms with Crippen LogP contribution in [0.5, 0.6) is 0 Å². The van der Waals surface area contributed by atoms with E-state index in [-0.39, 0.29) is 17.8 Å². The molecule has 0 aromatic heterocycles. The molecule has 0 heterocycles. The SMILES string of the molecule is COC(=O)C1(C(=O)OC)CC2=Cc3c(ccc4ccccc34)[C@H]3C=CC[C@@H]1[C@@H]23. The Hall–Kier alpha value is -2.88. The van der Waals surface area contributed by atoms with Crippen LogP contribution >= 0.6 is 0 Å². The van der Waals surface area contributed by atoms with E-state index in [0.717, 1.165) is 5.57 Å². The van der Waals surface area contributed by atoms with Crippen LogP contribution in [0.3, 0.4) is 0 Å². The largest absolute Gasteiger partial charge is 0.468 e. The maximum atomic E-state index is 12.9. The smallest absolute Gasteiger partial charge is 0.323 e. The summed E-state index contributed by atoms with van der Waals surface area (Å²) in [5.74, 6) is -0.829. The Morgan fingerprint density at radius 2 is 1.79 bits per heavy atom. The van der Waals surface area contributed by atoms with Crippen molar-refractivity contribution in [3.8, 4) is 0 Å². The van der Waals surface area contributed by atoms with Gasteiger partial charge in [-0.2, -0.15) is 0 Å². The third-order valence-corrected chi connectivity index (χ3v) is 6.89. The second-order valence-corrected chi connectivity index (χ2v) is 7.96. The minimum Gasteiger partial charge on any atom is -0.468 e. The molecule has 142 valence electrons. The van der Waals surface area contributed by atoms with Gasteiger partial charge in [-0.05, 0) is 46.6 Å². The molecule has 0 N–H and O–H groups in total. The lowest BCUT2D eigenvalue weighted by Crippen LogP contribution is -2.46. The van der Waals surface area contributed by atoms with Crippen LogP contribution in [0.1, 0.15) is 29.9 Å². The quantitative estimate of drug-likeness (QED) is 0.448. The number of fused-ring (bicyclic) bond motifs is 4. The molecule has 3 aliphatic rings. The van der Waals surface area contributed by atoms with Crippen molar-refractivity contribution in [3.63, 3.8) is 0 Å². The number of esters is 2. The lowest BCUT2D eigenvalue weighted by atomic mass is 9.64. The maximum absolute atomic E-state index is 12.9. The second-order valence-electron chi connectivity index (χ2n) is 7.96. The first-order valence-electron chi connectivity index (χ1n) is 9.67. The van der Waals surface area contributed by atoms with Gasteiger partial charge in [-0.1, -0.05) is 60.2 Å². The number of allylic oxidation sites excluding steroid dienone is 3. The predicted molar refractivity (Wildman–Crippen MR) is 106 cm³/mol. The summed E-state index contributed by atoms with van der Waals surface area (Å²) in [4.78, 5) is 25.8. The fraction of sp³-hybridized carbons (Fsp3) is 0.333. The fourth-order valence-electron chi connectivity index (χ4n) is 5.74. The van der Waals surface area contributed by atoms with Crippen molar-refractivity contribution in [3.05, 3.63) is 65.3 Å². The Morgan fingerprint density at radius 3 is 2.54 bits per heavy atom. The standard InChI is InChI=1S/C24H22O4/c1-27-22(25)24(23(26)28-2)13-15-12-19-16-7-4-3-6-14(16)10-11-17(19)18-8-5-9-20(24)21(15)18/h3-8,10-12,18,20-21H,9,13H2,1-2H3/t18-,20-,21+/m1/s1. The number of hydrogen-bond donors (Lipinski definition) is 0. The highest BCUT2D eigenvalue weighted by atomic mass is 16.5. The van der Waals surface area contributed by atoms with E-state index in [1.165, 1.54) is 36.1 Å². The molecule has 0 unspecified atom stereocenters. The number of hydrogen-bond acceptors (Lipinski definition) is 4. The van der Waals surface area contributed by atoms with E-state index < -0.39 is 17.4 Å². The summed E-state index contributed by atoms with van der Waals surface area (Å²) < 4.78 is 10.2. The highest BCUT2D eigenvalue weighted by molar-refractivity contribution is 6.02. The van der Waals surface area contributed by atoms with Crippen molar-refractivity contribution in [1.82, 2.24) is 0 Å². The summed E-state index contributed by atoms with van der Waals surface area (Å²) in [6, 6.07) is 12.7. The van der Waals surface area contributed by atoms with Crippen LogP contribution in [0.15, 0.2) is 54.1 Å². The second kappa shape index (κ2) is 6.06. The average molecular weight is 374 g/mol. The Labute approximate surface area is 163 Å². The van der Waals surface area contributed by atoms with Crippen molar-refractivity contribution in [1.29, 1.82) is 0 Å². The minimum atomic E-state index is -1.26. The van der Waals surface area contributed by atoms with Crippen LogP contribution in [-0.4, -0.2) is 26.2 Å². The number of carbonyl (C=O) groups excluding carboxylic acids is 2. The molecule has 0 amide bonds. The van der Waals surface area contributed by atoms with Crippen LogP contribution in [0.2, 0.25) is 0 Å². The molecule has 4 nitrogen and oxygen atoms in total. The van der Waals surface area contributed by atoms with Crippen molar-refractivity contribution < 1.29 is 19.1 Å². The van der Waals surface area contributed by atoms with E-state index in [4.69, 9.17) is 9.47 Å². The third-order valence-electron chi connectivity index (χ3n) is 6.89. The van der Waals surface area contributed by atoms with E-state index in [1.54, 1.807) is 0 Å². The summed E-state index contributed by atoms with van der Waals surface area (Å²) in [5, 5.41) is 2.40. The van der Waals surface area contributed by atoms with Gasteiger partial charge in [-0.3, -0.25) is 9.59 Å². The topological polar surface area (TPSA) is 52.6 Å². The molecule has 0 aliphatic heterocycles. The predicted octanol–water partition coefficient (Wildman–Crippen LogP) is 4.25. The van der Waals surface area contributed by atoms with Gasteiger partial charge in [0.25, 0.3) is 0 Å². The number of rotatable bonds is 2. The van der Waals surface area contributed by atoms with Crippen LogP contribution in [0, 0.1) is 17.3 Å². The lowest BCUT2D eigenvalue weighted by Gasteiger charge is -2.38. The first-order chi connectivity index (χ1) is 13.6. The van der Waals surface area contributed by atoms with E-state index >= 15 is 0 Å². The van der Waals surface area contributed by atoms with Gasteiger partial charge in [0.05, 0.1) is 14.2 Å². The van der Waals surface area contributed by atoms with Crippen molar-refractivity contribution in [2.75, 3.05) is 14.2 Å². The molecule has 28 heavy (non-hydrogen) atoms. The molecule has 3 atom stereocenters. The van der Waals surface area contributed by atoms with Crippen molar-refractivity contribution in [2.45, 2.75) is 18.8 Å². The third kappa shape index (κ3) is 2.06. The van der Waals surface area contributed by atoms with Gasteiger partial charge in [0.2, 0.25) is 0 Å². The van der Waals surface area contributed by atoms with Gasteiger partial charge in [0.15, 0.2) is 5.41 Å². The molecule has 2 aromatic rings. The molecule has 4 heteroatoms. The minimum absolute atomic E-state index is 0.122. The molecule has 0 spiro atoms. The van der Waals surface area contributed by atoms with Crippen LogP contribution < -0.4 is 0 Å². The van der Waals surface area contributed by atoms with Crippen molar-refractivity contribution >= 4 is 28.8 Å². The molecule has 0 bridgehead atoms. The Kier molecular flexibility index (Phi) is 3.73. The van der Waals surface area contributed by atoms with E-state index in [9.17, 15) is 9.59 Å². The molecular weight excluding hydrogens is 352 g/mol. The molecular formula is C24H22O4. The summed E-state index contributed by atoms with van der Waals surface area (Å²) in [6.45, 7) is 0. The van der Waals surface area contributed by atoms with Gasteiger partial charge >= 0.3 is 11.9 Å². The first kappa shape index (κ1) is 17.2. The summed E-state index contributed by atoms with van der Waals surface area (Å²) >= 11 is 0. The Morgan fingerprint density at radius 1 is 1.04 bits per heavy atom. The highest BCUT2D eigenvalue weighted by Gasteiger charge is 2.64. The maximum Gasteiger partial charge on any atom is 0.323 e. The summed E-state index contributed by atoms with van der Waals surface area (Å²) in [5.41, 5.74) is 2.35. The van der Waals surface area contributed by atoms with E-state index in [1.807, 2.05) is 6.07 Å². The summed E-state index contributed by atoms with van der Waals surface area (Å²) in [7, 11) is 2.70. The molecule has 5 rings (SSSR count). The van der Waals surface area contributed by atoms with Crippen LogP contribution in [0.4, 0.5) is 0 Å². The van der Waals surface area contributed by atoms with Crippen LogP contribution in [-0.2, 0) is 19.1 Å². The number of carbonyl (C=O) groups is 2. The lowest BCUT2D eigenvalue weighted by molar-refractivity contribution is -0.172. The molecule has 2 aromatic carbocycles. The fourth-order valence-corrected chi connectivity index (χ4v) is 5.74. The van der Waals surface area contributed by atoms with Crippen LogP contribution in [0.25, 0.3) is 16.8 Å². The normalized spacial score (nSPS) is 26.2. The Balaban J connectivity index is 1.75. The number of benzene rings is 2. The van der Waals surface area contributed by atoms with Gasteiger partial charge < -0.3 is 9.47 Å². The van der Waals surface area contributed by atoms with Gasteiger partial charge in [-0.25, -0.2) is 0 Å². The van der Waals surface area contributed by atoms with Gasteiger partial charge in [-0.15, -0.1) is 0 Å². The highest BCUT2D eigenvalue weighted by Crippen LogP contribution is 2.62. The zero-order chi connectivity index (χ0) is 19.5. The van der Waals surface area contributed by atoms with Gasteiger partial charge in [0, 0.05) is 5.92 Å². The molecule has 1 saturated carbocycles. The zero-order valence-electron chi connectivity index (χ0n) is 16.0. The first-order valence-corrected chi connectivity index (χ1v) is 9.67.